The Morgan fingerprint density at radius 3 is 2.27 bits per heavy atom. The van der Waals surface area contributed by atoms with Crippen molar-refractivity contribution in [3.05, 3.63) is 59.4 Å². The molecule has 1 aliphatic rings. The van der Waals surface area contributed by atoms with E-state index in [-0.39, 0.29) is 6.04 Å². The third-order valence-electron chi connectivity index (χ3n) is 3.95. The number of hydrogen-bond acceptors (Lipinski definition) is 2. The van der Waals surface area contributed by atoms with Gasteiger partial charge >= 0.3 is 0 Å². The van der Waals surface area contributed by atoms with Gasteiger partial charge in [-0.05, 0) is 24.8 Å². The molecule has 2 heterocycles. The molecule has 1 fully saturated rings. The van der Waals surface area contributed by atoms with Crippen LogP contribution in [0.4, 0.5) is 23.2 Å². The van der Waals surface area contributed by atoms with Gasteiger partial charge < -0.3 is 4.90 Å². The second-order valence-electron chi connectivity index (χ2n) is 5.35. The van der Waals surface area contributed by atoms with E-state index >= 15 is 0 Å². The summed E-state index contributed by atoms with van der Waals surface area (Å²) < 4.78 is 54.5. The molecule has 1 aromatic heterocycles. The maximum Gasteiger partial charge on any atom is 0.253 e. The molecule has 1 aliphatic heterocycles. The van der Waals surface area contributed by atoms with Crippen LogP contribution in [0.3, 0.4) is 0 Å². The quantitative estimate of drug-likeness (QED) is 0.632. The van der Waals surface area contributed by atoms with Gasteiger partial charge in [-0.3, -0.25) is 0 Å². The lowest BCUT2D eigenvalue weighted by atomic mass is 10.0. The van der Waals surface area contributed by atoms with Gasteiger partial charge in [0, 0.05) is 12.6 Å². The van der Waals surface area contributed by atoms with Gasteiger partial charge in [-0.25, -0.2) is 0 Å². The average molecular weight is 310 g/mol. The molecule has 1 unspecified atom stereocenters. The zero-order valence-corrected chi connectivity index (χ0v) is 11.7. The Labute approximate surface area is 125 Å². The topological polar surface area (TPSA) is 16.1 Å². The highest BCUT2D eigenvalue weighted by Gasteiger charge is 2.32. The number of nitrogens with zero attached hydrogens (tertiary/aromatic N) is 2. The molecular formula is C16H14F4N2. The van der Waals surface area contributed by atoms with Gasteiger partial charge in [0.2, 0.25) is 11.6 Å². The average Bonchev–Trinajstić information content (AvgIpc) is 2.95. The lowest BCUT2D eigenvalue weighted by Crippen LogP contribution is -2.33. The monoisotopic (exact) mass is 310 g/mol. The number of benzene rings is 1. The number of anilines is 1. The van der Waals surface area contributed by atoms with Crippen LogP contribution in [-0.2, 0) is 6.42 Å². The van der Waals surface area contributed by atoms with Gasteiger partial charge in [0.05, 0.1) is 0 Å². The molecule has 116 valence electrons. The van der Waals surface area contributed by atoms with Crippen LogP contribution in [-0.4, -0.2) is 17.6 Å². The predicted molar refractivity (Wildman–Crippen MR) is 74.6 cm³/mol. The van der Waals surface area contributed by atoms with Crippen molar-refractivity contribution >= 4 is 5.69 Å². The van der Waals surface area contributed by atoms with Crippen LogP contribution >= 0.6 is 0 Å². The molecule has 0 N–H and O–H groups in total. The van der Waals surface area contributed by atoms with Gasteiger partial charge in [0.15, 0.2) is 0 Å². The summed E-state index contributed by atoms with van der Waals surface area (Å²) >= 11 is 0. The molecule has 6 heteroatoms. The Morgan fingerprint density at radius 2 is 1.64 bits per heavy atom. The molecule has 1 aromatic carbocycles. The summed E-state index contributed by atoms with van der Waals surface area (Å²) in [6.45, 7) is 0.355. The van der Waals surface area contributed by atoms with Gasteiger partial charge in [-0.15, -0.1) is 0 Å². The minimum absolute atomic E-state index is 0.201. The summed E-state index contributed by atoms with van der Waals surface area (Å²) in [5, 5.41) is 0. The van der Waals surface area contributed by atoms with E-state index in [1.807, 2.05) is 30.3 Å². The fourth-order valence-electron chi connectivity index (χ4n) is 2.96. The lowest BCUT2D eigenvalue weighted by Gasteiger charge is -2.27. The molecule has 0 aliphatic carbocycles. The molecule has 0 radical (unpaired) electrons. The molecule has 3 rings (SSSR count). The maximum atomic E-state index is 13.9. The second kappa shape index (κ2) is 5.94. The molecule has 0 amide bonds. The zero-order chi connectivity index (χ0) is 15.7. The third kappa shape index (κ3) is 2.65. The van der Waals surface area contributed by atoms with Crippen LogP contribution in [0, 0.1) is 23.5 Å². The fraction of sp³-hybridized carbons (Fsp3) is 0.312. The number of aromatic nitrogens is 1. The van der Waals surface area contributed by atoms with E-state index in [2.05, 4.69) is 4.98 Å². The highest BCUT2D eigenvalue weighted by atomic mass is 19.2. The van der Waals surface area contributed by atoms with E-state index < -0.39 is 29.2 Å². The minimum atomic E-state index is -1.61. The van der Waals surface area contributed by atoms with Gasteiger partial charge in [0.1, 0.15) is 5.69 Å². The first-order chi connectivity index (χ1) is 10.6. The molecule has 0 spiro atoms. The van der Waals surface area contributed by atoms with Crippen LogP contribution in [0.25, 0.3) is 0 Å². The first kappa shape index (κ1) is 14.8. The first-order valence-corrected chi connectivity index (χ1v) is 7.08. The molecular weight excluding hydrogens is 296 g/mol. The van der Waals surface area contributed by atoms with Crippen molar-refractivity contribution in [2.24, 2.45) is 0 Å². The zero-order valence-electron chi connectivity index (χ0n) is 11.7. The van der Waals surface area contributed by atoms with E-state index in [1.54, 1.807) is 0 Å². The van der Waals surface area contributed by atoms with E-state index in [4.69, 9.17) is 0 Å². The van der Waals surface area contributed by atoms with E-state index in [1.165, 1.54) is 4.90 Å². The van der Waals surface area contributed by atoms with Crippen LogP contribution in [0.1, 0.15) is 18.4 Å². The summed E-state index contributed by atoms with van der Waals surface area (Å²) in [5.74, 6) is -6.09. The summed E-state index contributed by atoms with van der Waals surface area (Å²) in [7, 11) is 0. The normalized spacial score (nSPS) is 18.0. The van der Waals surface area contributed by atoms with Gasteiger partial charge in [0.25, 0.3) is 11.9 Å². The molecule has 2 nitrogen and oxygen atoms in total. The second-order valence-corrected chi connectivity index (χ2v) is 5.35. The standard InChI is InChI=1S/C16H14F4N2/c17-12-14(13(18)16(20)21-15(12)19)22-8-4-7-11(22)9-10-5-2-1-3-6-10/h1-3,5-6,11H,4,7-9H2. The predicted octanol–water partition coefficient (Wildman–Crippen LogP) is 3.85. The van der Waals surface area contributed by atoms with E-state index in [9.17, 15) is 17.6 Å². The fourth-order valence-corrected chi connectivity index (χ4v) is 2.96. The van der Waals surface area contributed by atoms with Gasteiger partial charge in [-0.2, -0.15) is 22.5 Å². The maximum absolute atomic E-state index is 13.9. The number of halogens is 4. The van der Waals surface area contributed by atoms with Crippen LogP contribution in [0.15, 0.2) is 30.3 Å². The van der Waals surface area contributed by atoms with Crippen molar-refractivity contribution < 1.29 is 17.6 Å². The largest absolute Gasteiger partial charge is 0.363 e. The van der Waals surface area contributed by atoms with Crippen molar-refractivity contribution in [3.63, 3.8) is 0 Å². The van der Waals surface area contributed by atoms with Crippen molar-refractivity contribution in [2.45, 2.75) is 25.3 Å². The Hall–Kier alpha value is -2.11. The number of hydrogen-bond donors (Lipinski definition) is 0. The van der Waals surface area contributed by atoms with Crippen molar-refractivity contribution in [1.82, 2.24) is 4.98 Å². The number of pyridine rings is 1. The van der Waals surface area contributed by atoms with Crippen LogP contribution < -0.4 is 4.90 Å². The molecule has 1 saturated heterocycles. The third-order valence-corrected chi connectivity index (χ3v) is 3.95. The number of rotatable bonds is 3. The molecule has 1 atom stereocenters. The molecule has 22 heavy (non-hydrogen) atoms. The van der Waals surface area contributed by atoms with E-state index in [0.29, 0.717) is 25.8 Å². The summed E-state index contributed by atoms with van der Waals surface area (Å²) in [6.07, 6.45) is 1.98. The first-order valence-electron chi connectivity index (χ1n) is 7.08. The smallest absolute Gasteiger partial charge is 0.253 e. The van der Waals surface area contributed by atoms with Crippen molar-refractivity contribution in [2.75, 3.05) is 11.4 Å². The Kier molecular flexibility index (Phi) is 4.00. The SMILES string of the molecule is Fc1nc(F)c(F)c(N2CCCC2Cc2ccccc2)c1F. The minimum Gasteiger partial charge on any atom is -0.363 e. The summed E-state index contributed by atoms with van der Waals surface area (Å²) in [5.41, 5.74) is 0.360. The Bertz CT molecular complexity index is 649. The molecule has 2 aromatic rings. The van der Waals surface area contributed by atoms with Gasteiger partial charge in [-0.1, -0.05) is 30.3 Å². The van der Waals surface area contributed by atoms with Crippen LogP contribution in [0.2, 0.25) is 0 Å². The van der Waals surface area contributed by atoms with E-state index in [0.717, 1.165) is 5.56 Å². The highest BCUT2D eigenvalue weighted by molar-refractivity contribution is 5.50. The summed E-state index contributed by atoms with van der Waals surface area (Å²) in [6, 6.07) is 9.26. The highest BCUT2D eigenvalue weighted by Crippen LogP contribution is 2.33. The Balaban J connectivity index is 1.94. The Morgan fingerprint density at radius 1 is 1.00 bits per heavy atom. The molecule has 0 saturated carbocycles. The molecule has 0 bridgehead atoms. The lowest BCUT2D eigenvalue weighted by molar-refractivity contribution is 0.404. The van der Waals surface area contributed by atoms with Crippen molar-refractivity contribution in [3.8, 4) is 0 Å². The van der Waals surface area contributed by atoms with Crippen molar-refractivity contribution in [1.29, 1.82) is 0 Å². The summed E-state index contributed by atoms with van der Waals surface area (Å²) in [4.78, 5) is 4.01. The van der Waals surface area contributed by atoms with Crippen LogP contribution in [0.5, 0.6) is 0 Å².